The van der Waals surface area contributed by atoms with Crippen molar-refractivity contribution in [3.8, 4) is 0 Å². The number of imidazole rings is 1. The third-order valence-corrected chi connectivity index (χ3v) is 4.35. The number of nitrogens with two attached hydrogens (primary N) is 1. The molecule has 1 aromatic heterocycles. The Kier molecular flexibility index (Phi) is 3.48. The van der Waals surface area contributed by atoms with E-state index in [1.165, 1.54) is 12.1 Å². The average Bonchev–Trinajstić information content (AvgIpc) is 2.88. The minimum atomic E-state index is -3.62. The summed E-state index contributed by atoms with van der Waals surface area (Å²) in [6.45, 7) is 0.787. The molecule has 0 unspecified atom stereocenters. The van der Waals surface area contributed by atoms with Crippen LogP contribution in [0.25, 0.3) is 11.0 Å². The second-order valence-corrected chi connectivity index (χ2v) is 6.43. The molecule has 0 bridgehead atoms. The van der Waals surface area contributed by atoms with Crippen molar-refractivity contribution in [1.29, 1.82) is 0 Å². The Labute approximate surface area is 123 Å². The van der Waals surface area contributed by atoms with Crippen molar-refractivity contribution < 1.29 is 8.42 Å². The summed E-state index contributed by atoms with van der Waals surface area (Å²) in [4.78, 5) is 4.48. The topological polar surface area (TPSA) is 78.0 Å². The van der Waals surface area contributed by atoms with E-state index in [0.717, 1.165) is 29.6 Å². The molecule has 0 fully saturated rings. The van der Waals surface area contributed by atoms with Gasteiger partial charge in [-0.05, 0) is 36.2 Å². The summed E-state index contributed by atoms with van der Waals surface area (Å²) in [5.41, 5.74) is 3.13. The first-order valence-corrected chi connectivity index (χ1v) is 8.10. The van der Waals surface area contributed by atoms with Gasteiger partial charge < -0.3 is 4.57 Å². The average molecular weight is 301 g/mol. The maximum absolute atomic E-state index is 11.2. The molecule has 0 aliphatic carbocycles. The smallest absolute Gasteiger partial charge is 0.238 e. The third-order valence-electron chi connectivity index (χ3n) is 3.42. The molecule has 21 heavy (non-hydrogen) atoms. The van der Waals surface area contributed by atoms with E-state index in [9.17, 15) is 8.42 Å². The molecule has 0 radical (unpaired) electrons. The van der Waals surface area contributed by atoms with E-state index in [2.05, 4.69) is 9.55 Å². The molecular weight excluding hydrogens is 286 g/mol. The zero-order chi connectivity index (χ0) is 14.9. The zero-order valence-electron chi connectivity index (χ0n) is 11.3. The summed E-state index contributed by atoms with van der Waals surface area (Å²) in [5, 5.41) is 5.08. The Balaban J connectivity index is 1.76. The summed E-state index contributed by atoms with van der Waals surface area (Å²) in [6.07, 6.45) is 2.62. The van der Waals surface area contributed by atoms with Gasteiger partial charge in [0.2, 0.25) is 10.0 Å². The number of aryl methyl sites for hydroxylation is 2. The molecule has 1 heterocycles. The van der Waals surface area contributed by atoms with Crippen LogP contribution in [0.15, 0.2) is 59.8 Å². The van der Waals surface area contributed by atoms with Gasteiger partial charge >= 0.3 is 0 Å². The van der Waals surface area contributed by atoms with Gasteiger partial charge in [0.1, 0.15) is 0 Å². The molecule has 6 heteroatoms. The lowest BCUT2D eigenvalue weighted by Gasteiger charge is -2.05. The van der Waals surface area contributed by atoms with Crippen LogP contribution in [0.1, 0.15) is 5.56 Å². The fraction of sp³-hybridized carbons (Fsp3) is 0.133. The summed E-state index contributed by atoms with van der Waals surface area (Å²) in [5.74, 6) is 0. The van der Waals surface area contributed by atoms with Crippen LogP contribution in [0.3, 0.4) is 0 Å². The van der Waals surface area contributed by atoms with Crippen LogP contribution in [-0.2, 0) is 23.0 Å². The molecule has 108 valence electrons. The number of para-hydroxylation sites is 2. The van der Waals surface area contributed by atoms with Gasteiger partial charge in [0, 0.05) is 6.54 Å². The standard InChI is InChI=1S/C15H15N3O2S/c16-21(19,20)13-7-5-12(6-8-13)9-10-18-11-17-14-3-1-2-4-15(14)18/h1-8,11H,9-10H2,(H2,16,19,20). The van der Waals surface area contributed by atoms with Crippen molar-refractivity contribution in [3.63, 3.8) is 0 Å². The zero-order valence-corrected chi connectivity index (χ0v) is 12.1. The van der Waals surface area contributed by atoms with E-state index in [4.69, 9.17) is 5.14 Å². The number of nitrogens with zero attached hydrogens (tertiary/aromatic N) is 2. The van der Waals surface area contributed by atoms with Gasteiger partial charge in [-0.25, -0.2) is 18.5 Å². The molecule has 0 saturated heterocycles. The summed E-state index contributed by atoms with van der Waals surface area (Å²) in [6, 6.07) is 14.6. The van der Waals surface area contributed by atoms with Crippen LogP contribution < -0.4 is 5.14 Å². The summed E-state index contributed by atoms with van der Waals surface area (Å²) >= 11 is 0. The van der Waals surface area contributed by atoms with E-state index in [0.29, 0.717) is 0 Å². The van der Waals surface area contributed by atoms with Crippen LogP contribution in [-0.4, -0.2) is 18.0 Å². The van der Waals surface area contributed by atoms with E-state index >= 15 is 0 Å². The van der Waals surface area contributed by atoms with Crippen LogP contribution in [0.4, 0.5) is 0 Å². The number of sulfonamides is 1. The highest BCUT2D eigenvalue weighted by Gasteiger charge is 2.07. The maximum atomic E-state index is 11.2. The number of primary sulfonamides is 1. The van der Waals surface area contributed by atoms with Crippen molar-refractivity contribution in [2.45, 2.75) is 17.9 Å². The third kappa shape index (κ3) is 2.96. The molecule has 3 rings (SSSR count). The minimum absolute atomic E-state index is 0.138. The number of aromatic nitrogens is 2. The molecule has 0 amide bonds. The molecule has 5 nitrogen and oxygen atoms in total. The number of hydrogen-bond donors (Lipinski definition) is 1. The van der Waals surface area contributed by atoms with Gasteiger partial charge in [-0.2, -0.15) is 0 Å². The normalized spacial score (nSPS) is 11.9. The van der Waals surface area contributed by atoms with E-state index in [1.54, 1.807) is 12.1 Å². The second kappa shape index (κ2) is 5.31. The fourth-order valence-corrected chi connectivity index (χ4v) is 2.80. The van der Waals surface area contributed by atoms with Crippen LogP contribution in [0.2, 0.25) is 0 Å². The first kappa shape index (κ1) is 13.8. The number of rotatable bonds is 4. The van der Waals surface area contributed by atoms with Crippen LogP contribution in [0.5, 0.6) is 0 Å². The quantitative estimate of drug-likeness (QED) is 0.799. The molecule has 0 aliphatic rings. The predicted octanol–water partition coefficient (Wildman–Crippen LogP) is 1.93. The number of hydrogen-bond acceptors (Lipinski definition) is 3. The summed E-state index contributed by atoms with van der Waals surface area (Å²) in [7, 11) is -3.62. The lowest BCUT2D eigenvalue weighted by molar-refractivity contribution is 0.597. The SMILES string of the molecule is NS(=O)(=O)c1ccc(CCn2cnc3ccccc32)cc1. The molecular formula is C15H15N3O2S. The molecule has 3 aromatic rings. The molecule has 0 spiro atoms. The van der Waals surface area contributed by atoms with E-state index in [-0.39, 0.29) is 4.90 Å². The first-order valence-electron chi connectivity index (χ1n) is 6.56. The van der Waals surface area contributed by atoms with E-state index in [1.807, 2.05) is 30.6 Å². The molecule has 2 N–H and O–H groups in total. The van der Waals surface area contributed by atoms with E-state index < -0.39 is 10.0 Å². The van der Waals surface area contributed by atoms with Crippen molar-refractivity contribution in [2.24, 2.45) is 5.14 Å². The monoisotopic (exact) mass is 301 g/mol. The molecule has 0 atom stereocenters. The number of benzene rings is 2. The van der Waals surface area contributed by atoms with Crippen molar-refractivity contribution in [1.82, 2.24) is 9.55 Å². The lowest BCUT2D eigenvalue weighted by atomic mass is 10.1. The Morgan fingerprint density at radius 2 is 1.76 bits per heavy atom. The Morgan fingerprint density at radius 1 is 1.05 bits per heavy atom. The van der Waals surface area contributed by atoms with Gasteiger partial charge in [-0.3, -0.25) is 0 Å². The molecule has 2 aromatic carbocycles. The molecule has 0 aliphatic heterocycles. The van der Waals surface area contributed by atoms with Crippen molar-refractivity contribution >= 4 is 21.1 Å². The first-order chi connectivity index (χ1) is 10.0. The Bertz CT molecular complexity index is 867. The highest BCUT2D eigenvalue weighted by molar-refractivity contribution is 7.89. The van der Waals surface area contributed by atoms with Gasteiger partial charge in [0.25, 0.3) is 0 Å². The number of fused-ring (bicyclic) bond motifs is 1. The lowest BCUT2D eigenvalue weighted by Crippen LogP contribution is -2.12. The largest absolute Gasteiger partial charge is 0.330 e. The van der Waals surface area contributed by atoms with Crippen LogP contribution >= 0.6 is 0 Å². The fourth-order valence-electron chi connectivity index (χ4n) is 2.28. The van der Waals surface area contributed by atoms with Gasteiger partial charge in [-0.1, -0.05) is 24.3 Å². The maximum Gasteiger partial charge on any atom is 0.238 e. The van der Waals surface area contributed by atoms with Gasteiger partial charge in [0.05, 0.1) is 22.3 Å². The molecule has 0 saturated carbocycles. The minimum Gasteiger partial charge on any atom is -0.330 e. The predicted molar refractivity (Wildman–Crippen MR) is 81.3 cm³/mol. The second-order valence-electron chi connectivity index (χ2n) is 4.87. The Hall–Kier alpha value is -2.18. The van der Waals surface area contributed by atoms with Gasteiger partial charge in [0.15, 0.2) is 0 Å². The van der Waals surface area contributed by atoms with Crippen molar-refractivity contribution in [3.05, 3.63) is 60.4 Å². The van der Waals surface area contributed by atoms with Gasteiger partial charge in [-0.15, -0.1) is 0 Å². The summed E-state index contributed by atoms with van der Waals surface area (Å²) < 4.78 is 24.5. The Morgan fingerprint density at radius 3 is 2.48 bits per heavy atom. The highest BCUT2D eigenvalue weighted by atomic mass is 32.2. The van der Waals surface area contributed by atoms with Crippen LogP contribution in [0, 0.1) is 0 Å². The van der Waals surface area contributed by atoms with Crippen molar-refractivity contribution in [2.75, 3.05) is 0 Å². The highest BCUT2D eigenvalue weighted by Crippen LogP contribution is 2.14.